The molecule has 0 spiro atoms. The molecule has 0 aliphatic rings. The van der Waals surface area contributed by atoms with Crippen molar-refractivity contribution in [1.29, 1.82) is 0 Å². The maximum atomic E-state index is 13.3. The van der Waals surface area contributed by atoms with Gasteiger partial charge >= 0.3 is 0 Å². The number of nitrogens with zero attached hydrogens (tertiary/aromatic N) is 3. The summed E-state index contributed by atoms with van der Waals surface area (Å²) in [5.41, 5.74) is 2.08. The fourth-order valence-corrected chi connectivity index (χ4v) is 2.77. The molecule has 1 N–H and O–H groups in total. The van der Waals surface area contributed by atoms with E-state index in [1.165, 1.54) is 12.1 Å². The molecule has 21 heavy (non-hydrogen) atoms. The highest BCUT2D eigenvalue weighted by Crippen LogP contribution is 2.31. The minimum absolute atomic E-state index is 0.0664. The van der Waals surface area contributed by atoms with Gasteiger partial charge in [0.25, 0.3) is 0 Å². The van der Waals surface area contributed by atoms with E-state index < -0.39 is 5.82 Å². The van der Waals surface area contributed by atoms with E-state index in [0.717, 1.165) is 24.4 Å². The molecule has 1 aromatic heterocycles. The summed E-state index contributed by atoms with van der Waals surface area (Å²) >= 11 is 12.2. The second-order valence-corrected chi connectivity index (χ2v) is 5.68. The summed E-state index contributed by atoms with van der Waals surface area (Å²) in [6, 6.07) is 2.49. The van der Waals surface area contributed by atoms with E-state index in [2.05, 4.69) is 22.6 Å². The number of rotatable bonds is 5. The van der Waals surface area contributed by atoms with E-state index in [0.29, 0.717) is 5.69 Å². The van der Waals surface area contributed by atoms with Crippen LogP contribution in [0.3, 0.4) is 0 Å². The molecule has 0 amide bonds. The lowest BCUT2D eigenvalue weighted by molar-refractivity contribution is 0.555. The topological polar surface area (TPSA) is 42.7 Å². The molecular weight excluding hydrogens is 314 g/mol. The van der Waals surface area contributed by atoms with Crippen molar-refractivity contribution in [2.24, 2.45) is 0 Å². The maximum absolute atomic E-state index is 13.3. The second-order valence-electron chi connectivity index (χ2n) is 4.87. The van der Waals surface area contributed by atoms with Gasteiger partial charge in [-0.2, -0.15) is 0 Å². The molecule has 2 rings (SSSR count). The number of benzene rings is 1. The first kappa shape index (κ1) is 16.2. The first-order chi connectivity index (χ1) is 9.95. The van der Waals surface area contributed by atoms with Crippen LogP contribution in [0.15, 0.2) is 12.1 Å². The zero-order valence-corrected chi connectivity index (χ0v) is 13.6. The number of hydrogen-bond donors (Lipinski definition) is 1. The second kappa shape index (κ2) is 6.73. The number of aromatic nitrogens is 3. The third-order valence-corrected chi connectivity index (χ3v) is 3.81. The first-order valence-corrected chi connectivity index (χ1v) is 7.51. The Morgan fingerprint density at radius 1 is 1.33 bits per heavy atom. The fourth-order valence-electron chi connectivity index (χ4n) is 2.15. The predicted octanol–water partition coefficient (Wildman–Crippen LogP) is 4.08. The molecular formula is C14H17Cl2FN4. The molecule has 0 radical (unpaired) electrons. The molecule has 1 unspecified atom stereocenters. The van der Waals surface area contributed by atoms with Crippen LogP contribution in [0.2, 0.25) is 10.0 Å². The SMILES string of the molecule is CCCNC(C)c1nnn(-c2c(Cl)cc(F)cc2Cl)c1C. The van der Waals surface area contributed by atoms with Crippen molar-refractivity contribution in [2.45, 2.75) is 33.2 Å². The van der Waals surface area contributed by atoms with Crippen molar-refractivity contribution in [2.75, 3.05) is 6.54 Å². The number of nitrogens with one attached hydrogen (secondary N) is 1. The van der Waals surface area contributed by atoms with Crippen LogP contribution in [0, 0.1) is 12.7 Å². The molecule has 1 atom stereocenters. The minimum atomic E-state index is -0.482. The summed E-state index contributed by atoms with van der Waals surface area (Å²) in [5.74, 6) is -0.482. The van der Waals surface area contributed by atoms with E-state index in [4.69, 9.17) is 23.2 Å². The van der Waals surface area contributed by atoms with Gasteiger partial charge in [-0.3, -0.25) is 0 Å². The Labute approximate surface area is 133 Å². The Kier molecular flexibility index (Phi) is 5.19. The van der Waals surface area contributed by atoms with Gasteiger partial charge in [0.2, 0.25) is 0 Å². The highest BCUT2D eigenvalue weighted by Gasteiger charge is 2.19. The predicted molar refractivity (Wildman–Crippen MR) is 82.8 cm³/mol. The van der Waals surface area contributed by atoms with Gasteiger partial charge in [0, 0.05) is 0 Å². The highest BCUT2D eigenvalue weighted by atomic mass is 35.5. The van der Waals surface area contributed by atoms with Crippen molar-refractivity contribution in [3.63, 3.8) is 0 Å². The lowest BCUT2D eigenvalue weighted by Gasteiger charge is -2.12. The Hall–Kier alpha value is -1.17. The minimum Gasteiger partial charge on any atom is -0.309 e. The molecule has 1 aromatic carbocycles. The highest BCUT2D eigenvalue weighted by molar-refractivity contribution is 6.37. The van der Waals surface area contributed by atoms with Gasteiger partial charge in [0.15, 0.2) is 0 Å². The van der Waals surface area contributed by atoms with Crippen LogP contribution >= 0.6 is 23.2 Å². The molecule has 0 aliphatic heterocycles. The summed E-state index contributed by atoms with van der Waals surface area (Å²) in [4.78, 5) is 0. The van der Waals surface area contributed by atoms with Gasteiger partial charge in [-0.1, -0.05) is 35.3 Å². The number of hydrogen-bond acceptors (Lipinski definition) is 3. The van der Waals surface area contributed by atoms with Gasteiger partial charge in [-0.05, 0) is 38.9 Å². The van der Waals surface area contributed by atoms with Crippen molar-refractivity contribution < 1.29 is 4.39 Å². The molecule has 7 heteroatoms. The van der Waals surface area contributed by atoms with E-state index in [9.17, 15) is 4.39 Å². The molecule has 0 saturated heterocycles. The van der Waals surface area contributed by atoms with Gasteiger partial charge in [0.05, 0.1) is 21.8 Å². The van der Waals surface area contributed by atoms with Gasteiger partial charge in [-0.15, -0.1) is 5.10 Å². The normalized spacial score (nSPS) is 12.7. The van der Waals surface area contributed by atoms with Crippen LogP contribution in [0.5, 0.6) is 0 Å². The molecule has 2 aromatic rings. The smallest absolute Gasteiger partial charge is 0.126 e. The lowest BCUT2D eigenvalue weighted by atomic mass is 10.2. The Morgan fingerprint density at radius 2 is 1.95 bits per heavy atom. The molecule has 0 aliphatic carbocycles. The summed E-state index contributed by atoms with van der Waals surface area (Å²) in [6.45, 7) is 6.90. The fraction of sp³-hybridized carbons (Fsp3) is 0.429. The van der Waals surface area contributed by atoms with E-state index in [1.807, 2.05) is 13.8 Å². The zero-order chi connectivity index (χ0) is 15.6. The third kappa shape index (κ3) is 3.36. The van der Waals surface area contributed by atoms with Crippen LogP contribution in [-0.4, -0.2) is 21.5 Å². The zero-order valence-electron chi connectivity index (χ0n) is 12.1. The lowest BCUT2D eigenvalue weighted by Crippen LogP contribution is -2.20. The molecule has 4 nitrogen and oxygen atoms in total. The van der Waals surface area contributed by atoms with E-state index in [1.54, 1.807) is 4.68 Å². The summed E-state index contributed by atoms with van der Waals surface area (Å²) in [5, 5.41) is 12.0. The van der Waals surface area contributed by atoms with Crippen molar-refractivity contribution in [3.05, 3.63) is 39.4 Å². The molecule has 0 bridgehead atoms. The molecule has 1 heterocycles. The molecule has 114 valence electrons. The van der Waals surface area contributed by atoms with Crippen LogP contribution in [0.25, 0.3) is 5.69 Å². The molecule has 0 fully saturated rings. The van der Waals surface area contributed by atoms with E-state index in [-0.39, 0.29) is 16.1 Å². The monoisotopic (exact) mass is 330 g/mol. The Morgan fingerprint density at radius 3 is 2.52 bits per heavy atom. The van der Waals surface area contributed by atoms with Crippen LogP contribution in [-0.2, 0) is 0 Å². The third-order valence-electron chi connectivity index (χ3n) is 3.23. The standard InChI is InChI=1S/C14H17Cl2FN4/c1-4-5-18-8(2)13-9(3)21(20-19-13)14-11(15)6-10(17)7-12(14)16/h6-8,18H,4-5H2,1-3H3. The average Bonchev–Trinajstić information content (AvgIpc) is 2.77. The van der Waals surface area contributed by atoms with Crippen molar-refractivity contribution in [1.82, 2.24) is 20.3 Å². The average molecular weight is 331 g/mol. The first-order valence-electron chi connectivity index (χ1n) is 6.76. The number of halogens is 3. The Balaban J connectivity index is 2.41. The van der Waals surface area contributed by atoms with Gasteiger partial charge < -0.3 is 5.32 Å². The van der Waals surface area contributed by atoms with Gasteiger partial charge in [0.1, 0.15) is 17.2 Å². The van der Waals surface area contributed by atoms with Crippen LogP contribution in [0.4, 0.5) is 4.39 Å². The Bertz CT molecular complexity index is 619. The van der Waals surface area contributed by atoms with E-state index >= 15 is 0 Å². The van der Waals surface area contributed by atoms with Crippen LogP contribution < -0.4 is 5.32 Å². The largest absolute Gasteiger partial charge is 0.309 e. The summed E-state index contributed by atoms with van der Waals surface area (Å²) in [6.07, 6.45) is 1.03. The van der Waals surface area contributed by atoms with Crippen molar-refractivity contribution >= 4 is 23.2 Å². The summed E-state index contributed by atoms with van der Waals surface area (Å²) < 4.78 is 14.8. The quantitative estimate of drug-likeness (QED) is 0.898. The van der Waals surface area contributed by atoms with Gasteiger partial charge in [-0.25, -0.2) is 9.07 Å². The summed E-state index contributed by atoms with van der Waals surface area (Å²) in [7, 11) is 0. The van der Waals surface area contributed by atoms with Crippen molar-refractivity contribution in [3.8, 4) is 5.69 Å². The maximum Gasteiger partial charge on any atom is 0.126 e. The van der Waals surface area contributed by atoms with Crippen LogP contribution in [0.1, 0.15) is 37.7 Å². The molecule has 0 saturated carbocycles.